The molecule has 0 fully saturated rings. The lowest BCUT2D eigenvalue weighted by Gasteiger charge is -2.10. The number of nitrogens with one attached hydrogen (secondary N) is 1. The summed E-state index contributed by atoms with van der Waals surface area (Å²) in [5.41, 5.74) is 1.45. The first-order valence-electron chi connectivity index (χ1n) is 8.44. The summed E-state index contributed by atoms with van der Waals surface area (Å²) in [7, 11) is 0. The zero-order valence-corrected chi connectivity index (χ0v) is 14.7. The van der Waals surface area contributed by atoms with Crippen molar-refractivity contribution in [1.82, 2.24) is 20.1 Å². The zero-order chi connectivity index (χ0) is 20.0. The topological polar surface area (TPSA) is 59.8 Å². The largest absolute Gasteiger partial charge is 0.416 e. The summed E-state index contributed by atoms with van der Waals surface area (Å²) in [5.74, 6) is -0.395. The second-order valence-corrected chi connectivity index (χ2v) is 6.04. The molecule has 144 valence electrons. The van der Waals surface area contributed by atoms with Crippen LogP contribution < -0.4 is 5.32 Å². The number of carbonyl (C=O) groups is 1. The van der Waals surface area contributed by atoms with Crippen LogP contribution in [0.1, 0.15) is 22.3 Å². The predicted molar refractivity (Wildman–Crippen MR) is 97.9 cm³/mol. The highest BCUT2D eigenvalue weighted by atomic mass is 19.4. The van der Waals surface area contributed by atoms with Crippen molar-refractivity contribution < 1.29 is 18.0 Å². The van der Waals surface area contributed by atoms with E-state index in [1.165, 1.54) is 30.6 Å². The van der Waals surface area contributed by atoms with E-state index < -0.39 is 17.6 Å². The van der Waals surface area contributed by atoms with Gasteiger partial charge in [0, 0.05) is 12.6 Å². The van der Waals surface area contributed by atoms with Crippen molar-refractivity contribution >= 4 is 12.0 Å². The minimum atomic E-state index is -4.42. The Hall–Kier alpha value is -3.42. The van der Waals surface area contributed by atoms with Crippen LogP contribution in [0.2, 0.25) is 0 Å². The van der Waals surface area contributed by atoms with Crippen LogP contribution in [0.5, 0.6) is 0 Å². The summed E-state index contributed by atoms with van der Waals surface area (Å²) >= 11 is 0. The molecule has 0 bridgehead atoms. The van der Waals surface area contributed by atoms with Crippen LogP contribution in [0.3, 0.4) is 0 Å². The average molecular weight is 386 g/mol. The SMILES string of the molecule is O=C(/C=C/c1cccc(C(F)(F)F)c1)NCc1ccccc1Cn1cncn1. The number of amides is 1. The van der Waals surface area contributed by atoms with E-state index in [1.807, 2.05) is 24.3 Å². The lowest BCUT2D eigenvalue weighted by Crippen LogP contribution is -2.21. The van der Waals surface area contributed by atoms with Crippen molar-refractivity contribution in [3.05, 3.63) is 89.5 Å². The van der Waals surface area contributed by atoms with Gasteiger partial charge in [0.05, 0.1) is 12.1 Å². The molecular weight excluding hydrogens is 369 g/mol. The average Bonchev–Trinajstić information content (AvgIpc) is 3.18. The van der Waals surface area contributed by atoms with E-state index in [1.54, 1.807) is 11.0 Å². The Morgan fingerprint density at radius 1 is 1.11 bits per heavy atom. The molecule has 8 heteroatoms. The number of carbonyl (C=O) groups excluding carboxylic acids is 1. The fourth-order valence-electron chi connectivity index (χ4n) is 2.60. The molecule has 3 aromatic rings. The van der Waals surface area contributed by atoms with E-state index in [9.17, 15) is 18.0 Å². The lowest BCUT2D eigenvalue weighted by atomic mass is 10.1. The Morgan fingerprint density at radius 2 is 1.89 bits per heavy atom. The van der Waals surface area contributed by atoms with Crippen LogP contribution >= 0.6 is 0 Å². The normalized spacial score (nSPS) is 11.7. The molecule has 28 heavy (non-hydrogen) atoms. The van der Waals surface area contributed by atoms with Crippen molar-refractivity contribution in [2.75, 3.05) is 0 Å². The lowest BCUT2D eigenvalue weighted by molar-refractivity contribution is -0.137. The number of hydrogen-bond acceptors (Lipinski definition) is 3. The fraction of sp³-hybridized carbons (Fsp3) is 0.150. The molecule has 1 aromatic heterocycles. The molecule has 0 aliphatic carbocycles. The Labute approximate surface area is 159 Å². The summed E-state index contributed by atoms with van der Waals surface area (Å²) in [6.45, 7) is 0.808. The first-order chi connectivity index (χ1) is 13.4. The number of rotatable bonds is 6. The van der Waals surface area contributed by atoms with Gasteiger partial charge in [-0.25, -0.2) is 9.67 Å². The van der Waals surface area contributed by atoms with Crippen LogP contribution in [-0.4, -0.2) is 20.7 Å². The van der Waals surface area contributed by atoms with Gasteiger partial charge in [0.25, 0.3) is 0 Å². The quantitative estimate of drug-likeness (QED) is 0.658. The Balaban J connectivity index is 1.61. The Morgan fingerprint density at radius 3 is 2.61 bits per heavy atom. The molecule has 5 nitrogen and oxygen atoms in total. The third kappa shape index (κ3) is 5.29. The third-order valence-electron chi connectivity index (χ3n) is 4.01. The molecule has 0 aliphatic heterocycles. The standard InChI is InChI=1S/C20H17F3N4O/c21-20(22,23)18-7-3-4-15(10-18)8-9-19(28)25-11-16-5-1-2-6-17(16)12-27-14-24-13-26-27/h1-10,13-14H,11-12H2,(H,25,28)/b9-8+. The molecule has 0 unspecified atom stereocenters. The molecule has 1 amide bonds. The van der Waals surface area contributed by atoms with Crippen molar-refractivity contribution in [3.63, 3.8) is 0 Å². The molecule has 3 rings (SSSR count). The van der Waals surface area contributed by atoms with E-state index in [0.717, 1.165) is 23.3 Å². The minimum absolute atomic E-state index is 0.288. The maximum atomic E-state index is 12.7. The number of benzene rings is 2. The number of hydrogen-bond donors (Lipinski definition) is 1. The van der Waals surface area contributed by atoms with Gasteiger partial charge in [-0.1, -0.05) is 36.4 Å². The molecule has 0 saturated carbocycles. The first-order valence-corrected chi connectivity index (χ1v) is 8.44. The molecule has 0 radical (unpaired) electrons. The molecule has 0 saturated heterocycles. The van der Waals surface area contributed by atoms with Crippen LogP contribution in [0, 0.1) is 0 Å². The van der Waals surface area contributed by atoms with E-state index in [0.29, 0.717) is 12.1 Å². The summed E-state index contributed by atoms with van der Waals surface area (Å²) in [4.78, 5) is 16.0. The first kappa shape index (κ1) is 19.3. The van der Waals surface area contributed by atoms with Crippen LogP contribution in [0.15, 0.2) is 67.3 Å². The van der Waals surface area contributed by atoms with Gasteiger partial charge >= 0.3 is 6.18 Å². The summed E-state index contributed by atoms with van der Waals surface area (Å²) in [6, 6.07) is 12.4. The minimum Gasteiger partial charge on any atom is -0.348 e. The van der Waals surface area contributed by atoms with Crippen molar-refractivity contribution in [2.24, 2.45) is 0 Å². The number of alkyl halides is 3. The van der Waals surface area contributed by atoms with Crippen molar-refractivity contribution in [2.45, 2.75) is 19.3 Å². The maximum Gasteiger partial charge on any atom is 0.416 e. The van der Waals surface area contributed by atoms with Gasteiger partial charge in [-0.2, -0.15) is 18.3 Å². The van der Waals surface area contributed by atoms with E-state index in [-0.39, 0.29) is 6.54 Å². The second kappa shape index (κ2) is 8.51. The van der Waals surface area contributed by atoms with Gasteiger partial charge in [-0.3, -0.25) is 4.79 Å². The highest BCUT2D eigenvalue weighted by molar-refractivity contribution is 5.91. The molecule has 2 aromatic carbocycles. The Kier molecular flexibility index (Phi) is 5.88. The smallest absolute Gasteiger partial charge is 0.348 e. The highest BCUT2D eigenvalue weighted by Gasteiger charge is 2.30. The van der Waals surface area contributed by atoms with Gasteiger partial charge in [-0.15, -0.1) is 0 Å². The van der Waals surface area contributed by atoms with Crippen LogP contribution in [0.25, 0.3) is 6.08 Å². The van der Waals surface area contributed by atoms with E-state index >= 15 is 0 Å². The van der Waals surface area contributed by atoms with Gasteiger partial charge in [0.1, 0.15) is 12.7 Å². The zero-order valence-electron chi connectivity index (χ0n) is 14.7. The molecule has 0 atom stereocenters. The molecule has 1 heterocycles. The highest BCUT2D eigenvalue weighted by Crippen LogP contribution is 2.29. The van der Waals surface area contributed by atoms with Gasteiger partial charge in [-0.05, 0) is 34.9 Å². The molecular formula is C20H17F3N4O. The maximum absolute atomic E-state index is 12.7. The van der Waals surface area contributed by atoms with Crippen molar-refractivity contribution in [3.8, 4) is 0 Å². The van der Waals surface area contributed by atoms with Crippen molar-refractivity contribution in [1.29, 1.82) is 0 Å². The van der Waals surface area contributed by atoms with Gasteiger partial charge < -0.3 is 5.32 Å². The summed E-state index contributed by atoms with van der Waals surface area (Å²) in [5, 5.41) is 6.80. The van der Waals surface area contributed by atoms with Gasteiger partial charge in [0.2, 0.25) is 5.91 Å². The third-order valence-corrected chi connectivity index (χ3v) is 4.01. The monoisotopic (exact) mass is 386 g/mol. The number of halogens is 3. The van der Waals surface area contributed by atoms with Crippen LogP contribution in [-0.2, 0) is 24.1 Å². The number of nitrogens with zero attached hydrogens (tertiary/aromatic N) is 3. The molecule has 0 aliphatic rings. The second-order valence-electron chi connectivity index (χ2n) is 6.04. The van der Waals surface area contributed by atoms with E-state index in [2.05, 4.69) is 15.4 Å². The predicted octanol–water partition coefficient (Wildman–Crippen LogP) is 3.67. The molecule has 1 N–H and O–H groups in total. The molecule has 0 spiro atoms. The van der Waals surface area contributed by atoms with Crippen LogP contribution in [0.4, 0.5) is 13.2 Å². The Bertz CT molecular complexity index is 966. The van der Waals surface area contributed by atoms with E-state index in [4.69, 9.17) is 0 Å². The summed E-state index contributed by atoms with van der Waals surface area (Å²) < 4.78 is 39.9. The fourth-order valence-corrected chi connectivity index (χ4v) is 2.60. The summed E-state index contributed by atoms with van der Waals surface area (Å²) in [6.07, 6.45) is 1.21. The number of aromatic nitrogens is 3. The van der Waals surface area contributed by atoms with Gasteiger partial charge in [0.15, 0.2) is 0 Å².